The molecule has 1 N–H and O–H groups in total. The van der Waals surface area contributed by atoms with Gasteiger partial charge in [0.15, 0.2) is 0 Å². The van der Waals surface area contributed by atoms with Gasteiger partial charge in [0.25, 0.3) is 0 Å². The molecule has 0 unspecified atom stereocenters. The molecule has 5 nitrogen and oxygen atoms in total. The number of rotatable bonds is 4. The minimum atomic E-state index is 0.148. The zero-order valence-corrected chi connectivity index (χ0v) is 15.1. The number of benzene rings is 1. The second-order valence-electron chi connectivity index (χ2n) is 7.25. The van der Waals surface area contributed by atoms with Gasteiger partial charge in [-0.25, -0.2) is 4.98 Å². The summed E-state index contributed by atoms with van der Waals surface area (Å²) in [5, 5.41) is 3.90. The molecule has 1 saturated heterocycles. The molecule has 1 fully saturated rings. The highest BCUT2D eigenvalue weighted by molar-refractivity contribution is 5.37. The SMILES string of the molecule is COc1ccc2c(c1)C[C@H](N[C@H]1CCO[C@@H](c3cncn3C)C1)CC2. The van der Waals surface area contributed by atoms with Crippen LogP contribution in [0, 0.1) is 0 Å². The molecule has 1 aromatic carbocycles. The maximum Gasteiger partial charge on any atom is 0.119 e. The number of aromatic nitrogens is 2. The summed E-state index contributed by atoms with van der Waals surface area (Å²) in [5.74, 6) is 0.960. The fourth-order valence-corrected chi connectivity index (χ4v) is 4.17. The van der Waals surface area contributed by atoms with E-state index in [0.29, 0.717) is 12.1 Å². The minimum absolute atomic E-state index is 0.148. The molecule has 0 amide bonds. The number of ether oxygens (including phenoxy) is 2. The predicted octanol–water partition coefficient (Wildman–Crippen LogP) is 2.80. The number of imidazole rings is 1. The van der Waals surface area contributed by atoms with Gasteiger partial charge in [-0.3, -0.25) is 0 Å². The van der Waals surface area contributed by atoms with Crippen LogP contribution in [0.4, 0.5) is 0 Å². The van der Waals surface area contributed by atoms with Gasteiger partial charge in [0.1, 0.15) is 11.9 Å². The van der Waals surface area contributed by atoms with E-state index in [1.165, 1.54) is 23.2 Å². The normalized spacial score (nSPS) is 26.2. The van der Waals surface area contributed by atoms with Crippen molar-refractivity contribution < 1.29 is 9.47 Å². The number of aryl methyl sites for hydroxylation is 2. The number of nitrogens with one attached hydrogen (secondary N) is 1. The van der Waals surface area contributed by atoms with E-state index in [4.69, 9.17) is 9.47 Å². The molecular weight excluding hydrogens is 314 g/mol. The van der Waals surface area contributed by atoms with Gasteiger partial charge in [0.05, 0.1) is 25.3 Å². The first kappa shape index (κ1) is 16.6. The highest BCUT2D eigenvalue weighted by Gasteiger charge is 2.28. The van der Waals surface area contributed by atoms with E-state index >= 15 is 0 Å². The third kappa shape index (κ3) is 3.58. The molecule has 2 aromatic rings. The third-order valence-corrected chi connectivity index (χ3v) is 5.58. The van der Waals surface area contributed by atoms with Crippen LogP contribution in [-0.2, 0) is 24.6 Å². The summed E-state index contributed by atoms with van der Waals surface area (Å²) in [5.41, 5.74) is 4.07. The van der Waals surface area contributed by atoms with Gasteiger partial charge in [0, 0.05) is 25.7 Å². The molecule has 134 valence electrons. The maximum atomic E-state index is 5.99. The molecule has 4 rings (SSSR count). The molecular formula is C20H27N3O2. The van der Waals surface area contributed by atoms with Crippen molar-refractivity contribution in [1.82, 2.24) is 14.9 Å². The van der Waals surface area contributed by atoms with Gasteiger partial charge >= 0.3 is 0 Å². The molecule has 0 saturated carbocycles. The van der Waals surface area contributed by atoms with Crippen LogP contribution in [0.15, 0.2) is 30.7 Å². The molecule has 3 atom stereocenters. The fraction of sp³-hybridized carbons (Fsp3) is 0.550. The lowest BCUT2D eigenvalue weighted by atomic mass is 9.87. The number of hydrogen-bond donors (Lipinski definition) is 1. The molecule has 1 aromatic heterocycles. The Morgan fingerprint density at radius 1 is 1.24 bits per heavy atom. The molecule has 0 bridgehead atoms. The average Bonchev–Trinajstić information content (AvgIpc) is 3.07. The van der Waals surface area contributed by atoms with Crippen LogP contribution in [0.3, 0.4) is 0 Å². The van der Waals surface area contributed by atoms with Crippen LogP contribution in [0.1, 0.15) is 42.2 Å². The molecule has 1 aliphatic heterocycles. The molecule has 0 radical (unpaired) electrons. The van der Waals surface area contributed by atoms with Crippen molar-refractivity contribution in [3.05, 3.63) is 47.5 Å². The van der Waals surface area contributed by atoms with Crippen molar-refractivity contribution in [1.29, 1.82) is 0 Å². The summed E-state index contributed by atoms with van der Waals surface area (Å²) >= 11 is 0. The second-order valence-corrected chi connectivity index (χ2v) is 7.25. The number of fused-ring (bicyclic) bond motifs is 1. The molecule has 2 aliphatic rings. The lowest BCUT2D eigenvalue weighted by molar-refractivity contribution is -0.00592. The monoisotopic (exact) mass is 341 g/mol. The highest BCUT2D eigenvalue weighted by Crippen LogP contribution is 2.30. The summed E-state index contributed by atoms with van der Waals surface area (Å²) in [6.45, 7) is 0.810. The Balaban J connectivity index is 1.39. The van der Waals surface area contributed by atoms with E-state index < -0.39 is 0 Å². The summed E-state index contributed by atoms with van der Waals surface area (Å²) in [6, 6.07) is 7.53. The largest absolute Gasteiger partial charge is 0.497 e. The van der Waals surface area contributed by atoms with Crippen molar-refractivity contribution in [3.63, 3.8) is 0 Å². The summed E-state index contributed by atoms with van der Waals surface area (Å²) in [4.78, 5) is 4.23. The van der Waals surface area contributed by atoms with Crippen LogP contribution in [0.25, 0.3) is 0 Å². The number of hydrogen-bond acceptors (Lipinski definition) is 4. The molecule has 0 spiro atoms. The Bertz CT molecular complexity index is 727. The van der Waals surface area contributed by atoms with Crippen LogP contribution < -0.4 is 10.1 Å². The van der Waals surface area contributed by atoms with Crippen LogP contribution >= 0.6 is 0 Å². The first-order valence-electron chi connectivity index (χ1n) is 9.22. The van der Waals surface area contributed by atoms with Crippen molar-refractivity contribution in [3.8, 4) is 5.75 Å². The summed E-state index contributed by atoms with van der Waals surface area (Å²) in [7, 11) is 3.77. The Morgan fingerprint density at radius 3 is 2.96 bits per heavy atom. The molecule has 5 heteroatoms. The third-order valence-electron chi connectivity index (χ3n) is 5.58. The Morgan fingerprint density at radius 2 is 2.16 bits per heavy atom. The Hall–Kier alpha value is -1.85. The Kier molecular flexibility index (Phi) is 4.77. The first-order chi connectivity index (χ1) is 12.2. The van der Waals surface area contributed by atoms with Gasteiger partial charge in [-0.05, 0) is 55.4 Å². The standard InChI is InChI=1S/C20H27N3O2/c1-23-13-21-12-19(23)20-11-17(7-8-25-20)22-16-5-3-14-4-6-18(24-2)10-15(14)9-16/h4,6,10,12-13,16-17,20,22H,3,5,7-9,11H2,1-2H3/t16-,17+,20-/m1/s1. The number of nitrogens with zero attached hydrogens (tertiary/aromatic N) is 2. The number of methoxy groups -OCH3 is 1. The van der Waals surface area contributed by atoms with Gasteiger partial charge in [0.2, 0.25) is 0 Å². The molecule has 1 aliphatic carbocycles. The van der Waals surface area contributed by atoms with Crippen LogP contribution in [0.5, 0.6) is 5.75 Å². The van der Waals surface area contributed by atoms with Crippen molar-refractivity contribution in [2.75, 3.05) is 13.7 Å². The lowest BCUT2D eigenvalue weighted by Crippen LogP contribution is -2.44. The van der Waals surface area contributed by atoms with Crippen molar-refractivity contribution >= 4 is 0 Å². The molecule has 2 heterocycles. The van der Waals surface area contributed by atoms with E-state index in [-0.39, 0.29) is 6.10 Å². The van der Waals surface area contributed by atoms with Crippen molar-refractivity contribution in [2.45, 2.75) is 50.3 Å². The van der Waals surface area contributed by atoms with E-state index in [1.807, 2.05) is 19.6 Å². The van der Waals surface area contributed by atoms with Crippen LogP contribution in [-0.4, -0.2) is 35.4 Å². The quantitative estimate of drug-likeness (QED) is 0.929. The molecule has 25 heavy (non-hydrogen) atoms. The minimum Gasteiger partial charge on any atom is -0.497 e. The summed E-state index contributed by atoms with van der Waals surface area (Å²) < 4.78 is 13.4. The average molecular weight is 341 g/mol. The van der Waals surface area contributed by atoms with Gasteiger partial charge in [-0.1, -0.05) is 6.07 Å². The van der Waals surface area contributed by atoms with Gasteiger partial charge in [-0.2, -0.15) is 0 Å². The lowest BCUT2D eigenvalue weighted by Gasteiger charge is -2.35. The van der Waals surface area contributed by atoms with E-state index in [9.17, 15) is 0 Å². The highest BCUT2D eigenvalue weighted by atomic mass is 16.5. The topological polar surface area (TPSA) is 48.3 Å². The fourth-order valence-electron chi connectivity index (χ4n) is 4.17. The van der Waals surface area contributed by atoms with E-state index in [2.05, 4.69) is 33.1 Å². The summed E-state index contributed by atoms with van der Waals surface area (Å²) in [6.07, 6.45) is 9.45. The Labute approximate surface area is 149 Å². The van der Waals surface area contributed by atoms with Gasteiger partial charge in [-0.15, -0.1) is 0 Å². The first-order valence-corrected chi connectivity index (χ1v) is 9.22. The maximum absolute atomic E-state index is 5.99. The van der Waals surface area contributed by atoms with E-state index in [1.54, 1.807) is 7.11 Å². The van der Waals surface area contributed by atoms with Gasteiger partial charge < -0.3 is 19.4 Å². The smallest absolute Gasteiger partial charge is 0.119 e. The zero-order chi connectivity index (χ0) is 17.2. The van der Waals surface area contributed by atoms with E-state index in [0.717, 1.165) is 38.0 Å². The van der Waals surface area contributed by atoms with Crippen LogP contribution in [0.2, 0.25) is 0 Å². The second kappa shape index (κ2) is 7.18. The predicted molar refractivity (Wildman–Crippen MR) is 96.9 cm³/mol. The van der Waals surface area contributed by atoms with Crippen molar-refractivity contribution in [2.24, 2.45) is 7.05 Å². The zero-order valence-electron chi connectivity index (χ0n) is 15.1.